The SMILES string of the molecule is COCC(=O)N(Cc1ccccc1Cl)CC1CC(c2ccc(Cl)cc2)=NO1. The first kappa shape index (κ1) is 19.7. The third kappa shape index (κ3) is 5.22. The quantitative estimate of drug-likeness (QED) is 0.693. The summed E-state index contributed by atoms with van der Waals surface area (Å²) in [5, 5.41) is 5.47. The summed E-state index contributed by atoms with van der Waals surface area (Å²) in [4.78, 5) is 19.7. The van der Waals surface area contributed by atoms with Crippen LogP contribution in [0.5, 0.6) is 0 Å². The Balaban J connectivity index is 1.67. The minimum absolute atomic E-state index is 0.00205. The number of ether oxygens (including phenoxy) is 1. The van der Waals surface area contributed by atoms with Crippen molar-refractivity contribution in [2.45, 2.75) is 19.1 Å². The topological polar surface area (TPSA) is 51.1 Å². The molecule has 142 valence electrons. The molecule has 1 atom stereocenters. The van der Waals surface area contributed by atoms with Gasteiger partial charge < -0.3 is 14.5 Å². The molecule has 1 heterocycles. The summed E-state index contributed by atoms with van der Waals surface area (Å²) < 4.78 is 5.01. The number of carbonyl (C=O) groups is 1. The van der Waals surface area contributed by atoms with Crippen molar-refractivity contribution in [2.75, 3.05) is 20.3 Å². The van der Waals surface area contributed by atoms with E-state index >= 15 is 0 Å². The van der Waals surface area contributed by atoms with E-state index in [-0.39, 0.29) is 18.6 Å². The molecule has 0 bridgehead atoms. The van der Waals surface area contributed by atoms with E-state index < -0.39 is 0 Å². The third-order valence-electron chi connectivity index (χ3n) is 4.27. The molecule has 7 heteroatoms. The van der Waals surface area contributed by atoms with Crippen molar-refractivity contribution in [3.63, 3.8) is 0 Å². The maximum absolute atomic E-state index is 12.5. The zero-order valence-corrected chi connectivity index (χ0v) is 16.4. The summed E-state index contributed by atoms with van der Waals surface area (Å²) in [6, 6.07) is 14.9. The fourth-order valence-electron chi connectivity index (χ4n) is 2.89. The van der Waals surface area contributed by atoms with Crippen LogP contribution in [0.15, 0.2) is 53.7 Å². The first-order valence-corrected chi connectivity index (χ1v) is 9.31. The first-order chi connectivity index (χ1) is 13.1. The summed E-state index contributed by atoms with van der Waals surface area (Å²) in [6.45, 7) is 0.786. The van der Waals surface area contributed by atoms with Crippen molar-refractivity contribution < 1.29 is 14.4 Å². The number of carbonyl (C=O) groups excluding carboxylic acids is 1. The Labute approximate surface area is 168 Å². The smallest absolute Gasteiger partial charge is 0.248 e. The number of halogens is 2. The molecule has 0 aliphatic carbocycles. The second-order valence-corrected chi connectivity index (χ2v) is 7.12. The van der Waals surface area contributed by atoms with Crippen molar-refractivity contribution in [1.82, 2.24) is 4.90 Å². The molecule has 2 aromatic rings. The van der Waals surface area contributed by atoms with E-state index in [9.17, 15) is 4.79 Å². The minimum atomic E-state index is -0.223. The molecule has 2 aromatic carbocycles. The first-order valence-electron chi connectivity index (χ1n) is 8.55. The lowest BCUT2D eigenvalue weighted by Gasteiger charge is -2.25. The average Bonchev–Trinajstić information content (AvgIpc) is 3.12. The Morgan fingerprint density at radius 3 is 2.67 bits per heavy atom. The highest BCUT2D eigenvalue weighted by Crippen LogP contribution is 2.22. The fourth-order valence-corrected chi connectivity index (χ4v) is 3.21. The van der Waals surface area contributed by atoms with Crippen LogP contribution in [0.4, 0.5) is 0 Å². The van der Waals surface area contributed by atoms with E-state index in [2.05, 4.69) is 5.16 Å². The molecule has 0 spiro atoms. The molecule has 1 unspecified atom stereocenters. The van der Waals surface area contributed by atoms with Crippen LogP contribution in [-0.2, 0) is 20.9 Å². The van der Waals surface area contributed by atoms with Crippen LogP contribution >= 0.6 is 23.2 Å². The lowest BCUT2D eigenvalue weighted by atomic mass is 10.0. The van der Waals surface area contributed by atoms with Gasteiger partial charge in [0.25, 0.3) is 0 Å². The van der Waals surface area contributed by atoms with E-state index in [0.717, 1.165) is 16.8 Å². The van der Waals surface area contributed by atoms with Gasteiger partial charge in [-0.25, -0.2) is 0 Å². The molecule has 0 radical (unpaired) electrons. The van der Waals surface area contributed by atoms with Crippen LogP contribution in [0.3, 0.4) is 0 Å². The molecule has 0 saturated heterocycles. The van der Waals surface area contributed by atoms with E-state index in [1.165, 1.54) is 7.11 Å². The van der Waals surface area contributed by atoms with E-state index in [1.807, 2.05) is 48.5 Å². The van der Waals surface area contributed by atoms with Gasteiger partial charge in [-0.1, -0.05) is 58.7 Å². The van der Waals surface area contributed by atoms with Gasteiger partial charge in [0.05, 0.1) is 12.3 Å². The predicted molar refractivity (Wildman–Crippen MR) is 106 cm³/mol. The van der Waals surface area contributed by atoms with Crippen LogP contribution in [0.2, 0.25) is 10.0 Å². The van der Waals surface area contributed by atoms with Crippen molar-refractivity contribution in [3.05, 3.63) is 69.7 Å². The molecule has 1 aliphatic heterocycles. The molecule has 1 aliphatic rings. The number of rotatable bonds is 7. The Bertz CT molecular complexity index is 824. The van der Waals surface area contributed by atoms with Crippen LogP contribution in [0, 0.1) is 0 Å². The van der Waals surface area contributed by atoms with E-state index in [4.69, 9.17) is 32.8 Å². The van der Waals surface area contributed by atoms with Gasteiger partial charge in [0.15, 0.2) is 6.10 Å². The number of benzene rings is 2. The monoisotopic (exact) mass is 406 g/mol. The van der Waals surface area contributed by atoms with Gasteiger partial charge in [-0.15, -0.1) is 0 Å². The third-order valence-corrected chi connectivity index (χ3v) is 4.89. The number of methoxy groups -OCH3 is 1. The van der Waals surface area contributed by atoms with Crippen LogP contribution < -0.4 is 0 Å². The average molecular weight is 407 g/mol. The van der Waals surface area contributed by atoms with Crippen molar-refractivity contribution in [2.24, 2.45) is 5.16 Å². The van der Waals surface area contributed by atoms with Gasteiger partial charge in [0.2, 0.25) is 5.91 Å². The summed E-state index contributed by atoms with van der Waals surface area (Å²) in [5.74, 6) is -0.124. The Morgan fingerprint density at radius 1 is 1.22 bits per heavy atom. The molecule has 5 nitrogen and oxygen atoms in total. The predicted octanol–water partition coefficient (Wildman–Crippen LogP) is 4.16. The van der Waals surface area contributed by atoms with Gasteiger partial charge >= 0.3 is 0 Å². The molecule has 3 rings (SSSR count). The van der Waals surface area contributed by atoms with E-state index in [1.54, 1.807) is 4.90 Å². The maximum Gasteiger partial charge on any atom is 0.248 e. The molecule has 1 amide bonds. The Morgan fingerprint density at radius 2 is 1.96 bits per heavy atom. The number of hydrogen-bond donors (Lipinski definition) is 0. The van der Waals surface area contributed by atoms with E-state index in [0.29, 0.717) is 29.6 Å². The summed E-state index contributed by atoms with van der Waals surface area (Å²) >= 11 is 12.2. The summed E-state index contributed by atoms with van der Waals surface area (Å²) in [5.41, 5.74) is 2.68. The highest BCUT2D eigenvalue weighted by Gasteiger charge is 2.27. The maximum atomic E-state index is 12.5. The van der Waals surface area contributed by atoms with Gasteiger partial charge in [-0.3, -0.25) is 4.79 Å². The van der Waals surface area contributed by atoms with Crippen LogP contribution in [0.1, 0.15) is 17.5 Å². The van der Waals surface area contributed by atoms with Crippen LogP contribution in [-0.4, -0.2) is 42.9 Å². The standard InChI is InChI=1S/C20H20Cl2N2O3/c1-26-13-20(25)24(11-15-4-2-3-5-18(15)22)12-17-10-19(23-27-17)14-6-8-16(21)9-7-14/h2-9,17H,10-13H2,1H3. The highest BCUT2D eigenvalue weighted by molar-refractivity contribution is 6.31. The van der Waals surface area contributed by atoms with Crippen molar-refractivity contribution >= 4 is 34.8 Å². The number of amides is 1. The van der Waals surface area contributed by atoms with Crippen LogP contribution in [0.25, 0.3) is 0 Å². The zero-order chi connectivity index (χ0) is 19.2. The highest BCUT2D eigenvalue weighted by atomic mass is 35.5. The van der Waals surface area contributed by atoms with Gasteiger partial charge in [-0.2, -0.15) is 0 Å². The molecule has 0 N–H and O–H groups in total. The summed E-state index contributed by atoms with van der Waals surface area (Å²) in [7, 11) is 1.50. The molecular weight excluding hydrogens is 387 g/mol. The Kier molecular flexibility index (Phi) is 6.72. The van der Waals surface area contributed by atoms with Crippen molar-refractivity contribution in [1.29, 1.82) is 0 Å². The van der Waals surface area contributed by atoms with Crippen molar-refractivity contribution in [3.8, 4) is 0 Å². The fraction of sp³-hybridized carbons (Fsp3) is 0.300. The molecule has 27 heavy (non-hydrogen) atoms. The van der Waals surface area contributed by atoms with Gasteiger partial charge in [0, 0.05) is 30.1 Å². The largest absolute Gasteiger partial charge is 0.390 e. The lowest BCUT2D eigenvalue weighted by Crippen LogP contribution is -2.39. The molecular formula is C20H20Cl2N2O3. The van der Waals surface area contributed by atoms with Gasteiger partial charge in [0.1, 0.15) is 6.61 Å². The molecule has 0 saturated carbocycles. The molecule has 0 fully saturated rings. The minimum Gasteiger partial charge on any atom is -0.390 e. The number of oxime groups is 1. The normalized spacial score (nSPS) is 16.0. The van der Waals surface area contributed by atoms with Gasteiger partial charge in [-0.05, 0) is 29.3 Å². The lowest BCUT2D eigenvalue weighted by molar-refractivity contribution is -0.137. The second kappa shape index (κ2) is 9.22. The Hall–Kier alpha value is -2.08. The summed E-state index contributed by atoms with van der Waals surface area (Å²) in [6.07, 6.45) is 0.389. The second-order valence-electron chi connectivity index (χ2n) is 6.28. The number of hydrogen-bond acceptors (Lipinski definition) is 4. The molecule has 0 aromatic heterocycles. The number of nitrogens with zero attached hydrogens (tertiary/aromatic N) is 2. The zero-order valence-electron chi connectivity index (χ0n) is 14.9.